The molecule has 0 amide bonds. The molecule has 2 rings (SSSR count). The summed E-state index contributed by atoms with van der Waals surface area (Å²) < 4.78 is 0. The third kappa shape index (κ3) is 4.02. The van der Waals surface area contributed by atoms with Gasteiger partial charge in [-0.1, -0.05) is 37.8 Å². The molecule has 1 fully saturated rings. The molecule has 1 saturated carbocycles. The van der Waals surface area contributed by atoms with Crippen LogP contribution in [0.1, 0.15) is 44.1 Å². The van der Waals surface area contributed by atoms with E-state index in [4.69, 9.17) is 5.73 Å². The fourth-order valence-electron chi connectivity index (χ4n) is 2.87. The van der Waals surface area contributed by atoms with Crippen LogP contribution < -0.4 is 5.73 Å². The fourth-order valence-corrected chi connectivity index (χ4v) is 2.87. The van der Waals surface area contributed by atoms with Gasteiger partial charge in [-0.15, -0.1) is 0 Å². The van der Waals surface area contributed by atoms with Crippen molar-refractivity contribution in [3.8, 4) is 0 Å². The maximum atomic E-state index is 5.71. The normalized spacial score (nSPS) is 17.9. The van der Waals surface area contributed by atoms with Crippen LogP contribution in [0.4, 0.5) is 5.69 Å². The van der Waals surface area contributed by atoms with Crippen molar-refractivity contribution in [3.63, 3.8) is 0 Å². The molecule has 0 aliphatic heterocycles. The Bertz CT molecular complexity index is 337. The average Bonchev–Trinajstić information content (AvgIpc) is 2.66. The summed E-state index contributed by atoms with van der Waals surface area (Å²) in [4.78, 5) is 2.56. The van der Waals surface area contributed by atoms with Gasteiger partial charge in [-0.25, -0.2) is 0 Å². The van der Waals surface area contributed by atoms with Crippen molar-refractivity contribution in [2.75, 3.05) is 19.3 Å². The van der Waals surface area contributed by atoms with E-state index >= 15 is 0 Å². The number of hydrogen-bond acceptors (Lipinski definition) is 2. The lowest BCUT2D eigenvalue weighted by Crippen LogP contribution is -2.32. The Balaban J connectivity index is 1.79. The van der Waals surface area contributed by atoms with Gasteiger partial charge in [-0.3, -0.25) is 0 Å². The van der Waals surface area contributed by atoms with Crippen LogP contribution in [0.3, 0.4) is 0 Å². The van der Waals surface area contributed by atoms with Gasteiger partial charge in [0.15, 0.2) is 0 Å². The lowest BCUT2D eigenvalue weighted by atomic mass is 10.1. The molecule has 1 aliphatic rings. The largest absolute Gasteiger partial charge is 0.399 e. The molecule has 0 unspecified atom stereocenters. The maximum Gasteiger partial charge on any atom is 0.0314 e. The minimum absolute atomic E-state index is 0.807. The molecule has 0 atom stereocenters. The zero-order valence-electron chi connectivity index (χ0n) is 11.6. The summed E-state index contributed by atoms with van der Waals surface area (Å²) in [5.41, 5.74) is 7.96. The number of anilines is 1. The monoisotopic (exact) mass is 246 g/mol. The first-order valence-corrected chi connectivity index (χ1v) is 7.30. The number of nitrogens with two attached hydrogens (primary N) is 1. The number of benzene rings is 1. The van der Waals surface area contributed by atoms with Crippen LogP contribution in [0.15, 0.2) is 24.3 Å². The molecular weight excluding hydrogens is 220 g/mol. The standard InChI is InChI=1S/C16H26N2/c1-18(16-6-4-2-3-5-7-16)13-12-14-8-10-15(17)11-9-14/h8-11,16H,2-7,12-13,17H2,1H3. The van der Waals surface area contributed by atoms with E-state index in [9.17, 15) is 0 Å². The molecule has 2 heteroatoms. The first kappa shape index (κ1) is 13.4. The predicted molar refractivity (Wildman–Crippen MR) is 78.7 cm³/mol. The van der Waals surface area contributed by atoms with E-state index in [1.807, 2.05) is 12.1 Å². The van der Waals surface area contributed by atoms with E-state index in [0.29, 0.717) is 0 Å². The molecule has 1 aliphatic carbocycles. The van der Waals surface area contributed by atoms with Crippen LogP contribution in [0.2, 0.25) is 0 Å². The van der Waals surface area contributed by atoms with Crippen molar-refractivity contribution < 1.29 is 0 Å². The summed E-state index contributed by atoms with van der Waals surface area (Å²) in [5, 5.41) is 0. The third-order valence-electron chi connectivity index (χ3n) is 4.18. The minimum atomic E-state index is 0.807. The van der Waals surface area contributed by atoms with Crippen molar-refractivity contribution in [2.45, 2.75) is 51.0 Å². The molecule has 1 aromatic rings. The van der Waals surface area contributed by atoms with Gasteiger partial charge in [0, 0.05) is 18.3 Å². The Kier molecular flexibility index (Phi) is 5.06. The summed E-state index contributed by atoms with van der Waals surface area (Å²) in [7, 11) is 2.29. The molecule has 0 bridgehead atoms. The Morgan fingerprint density at radius 3 is 2.28 bits per heavy atom. The van der Waals surface area contributed by atoms with Crippen LogP contribution >= 0.6 is 0 Å². The van der Waals surface area contributed by atoms with Gasteiger partial charge >= 0.3 is 0 Å². The van der Waals surface area contributed by atoms with E-state index in [1.54, 1.807) is 0 Å². The first-order chi connectivity index (χ1) is 8.75. The second-order valence-electron chi connectivity index (χ2n) is 5.62. The average molecular weight is 246 g/mol. The lowest BCUT2D eigenvalue weighted by molar-refractivity contribution is 0.223. The van der Waals surface area contributed by atoms with Gasteiger partial charge in [0.25, 0.3) is 0 Å². The van der Waals surface area contributed by atoms with Crippen LogP contribution in [0.5, 0.6) is 0 Å². The van der Waals surface area contributed by atoms with Crippen LogP contribution in [-0.4, -0.2) is 24.5 Å². The van der Waals surface area contributed by atoms with E-state index in [2.05, 4.69) is 24.1 Å². The first-order valence-electron chi connectivity index (χ1n) is 7.30. The number of likely N-dealkylation sites (N-methyl/N-ethyl adjacent to an activating group) is 1. The highest BCUT2D eigenvalue weighted by molar-refractivity contribution is 5.39. The second-order valence-corrected chi connectivity index (χ2v) is 5.62. The quantitative estimate of drug-likeness (QED) is 0.651. The van der Waals surface area contributed by atoms with Crippen molar-refractivity contribution >= 4 is 5.69 Å². The van der Waals surface area contributed by atoms with Crippen molar-refractivity contribution in [3.05, 3.63) is 29.8 Å². The minimum Gasteiger partial charge on any atom is -0.399 e. The van der Waals surface area contributed by atoms with Crippen LogP contribution in [0, 0.1) is 0 Å². The summed E-state index contributed by atoms with van der Waals surface area (Å²) in [5.74, 6) is 0. The molecule has 1 aromatic carbocycles. The third-order valence-corrected chi connectivity index (χ3v) is 4.18. The highest BCUT2D eigenvalue weighted by atomic mass is 15.1. The number of nitrogen functional groups attached to an aromatic ring is 1. The molecule has 0 aromatic heterocycles. The fraction of sp³-hybridized carbons (Fsp3) is 0.625. The molecule has 2 N–H and O–H groups in total. The molecular formula is C16H26N2. The smallest absolute Gasteiger partial charge is 0.0314 e. The topological polar surface area (TPSA) is 29.3 Å². The molecule has 0 heterocycles. The van der Waals surface area contributed by atoms with Gasteiger partial charge in [-0.05, 0) is 44.0 Å². The highest BCUT2D eigenvalue weighted by Gasteiger charge is 2.16. The Morgan fingerprint density at radius 1 is 1.06 bits per heavy atom. The van der Waals surface area contributed by atoms with Crippen molar-refractivity contribution in [1.82, 2.24) is 4.90 Å². The molecule has 0 saturated heterocycles. The summed E-state index contributed by atoms with van der Waals surface area (Å²) in [6, 6.07) is 9.11. The zero-order chi connectivity index (χ0) is 12.8. The SMILES string of the molecule is CN(CCc1ccc(N)cc1)C1CCCCCC1. The van der Waals surface area contributed by atoms with E-state index in [0.717, 1.165) is 24.7 Å². The summed E-state index contributed by atoms with van der Waals surface area (Å²) in [6.45, 7) is 1.16. The number of hydrogen-bond donors (Lipinski definition) is 1. The second kappa shape index (κ2) is 6.79. The van der Waals surface area contributed by atoms with Gasteiger partial charge in [0.1, 0.15) is 0 Å². The van der Waals surface area contributed by atoms with E-state index in [1.165, 1.54) is 44.1 Å². The molecule has 0 radical (unpaired) electrons. The number of rotatable bonds is 4. The van der Waals surface area contributed by atoms with E-state index in [-0.39, 0.29) is 0 Å². The van der Waals surface area contributed by atoms with Gasteiger partial charge in [-0.2, -0.15) is 0 Å². The van der Waals surface area contributed by atoms with Crippen molar-refractivity contribution in [2.24, 2.45) is 0 Å². The Morgan fingerprint density at radius 2 is 1.67 bits per heavy atom. The molecule has 0 spiro atoms. The zero-order valence-corrected chi connectivity index (χ0v) is 11.6. The van der Waals surface area contributed by atoms with Gasteiger partial charge in [0.2, 0.25) is 0 Å². The number of nitrogens with zero attached hydrogens (tertiary/aromatic N) is 1. The molecule has 100 valence electrons. The van der Waals surface area contributed by atoms with E-state index < -0.39 is 0 Å². The van der Waals surface area contributed by atoms with Crippen LogP contribution in [-0.2, 0) is 6.42 Å². The Labute approximate surface area is 111 Å². The highest BCUT2D eigenvalue weighted by Crippen LogP contribution is 2.21. The maximum absolute atomic E-state index is 5.71. The summed E-state index contributed by atoms with van der Waals surface area (Å²) in [6.07, 6.45) is 9.60. The van der Waals surface area contributed by atoms with Crippen molar-refractivity contribution in [1.29, 1.82) is 0 Å². The van der Waals surface area contributed by atoms with Gasteiger partial charge in [0.05, 0.1) is 0 Å². The predicted octanol–water partition coefficient (Wildman–Crippen LogP) is 3.47. The Hall–Kier alpha value is -1.02. The van der Waals surface area contributed by atoms with Crippen LogP contribution in [0.25, 0.3) is 0 Å². The molecule has 2 nitrogen and oxygen atoms in total. The van der Waals surface area contributed by atoms with Gasteiger partial charge < -0.3 is 10.6 Å². The lowest BCUT2D eigenvalue weighted by Gasteiger charge is -2.27. The summed E-state index contributed by atoms with van der Waals surface area (Å²) >= 11 is 0. The molecule has 18 heavy (non-hydrogen) atoms.